The molecule has 2 saturated heterocycles. The van der Waals surface area contributed by atoms with Crippen molar-refractivity contribution in [3.63, 3.8) is 0 Å². The first kappa shape index (κ1) is 22.5. The van der Waals surface area contributed by atoms with E-state index in [1.165, 1.54) is 24.3 Å². The van der Waals surface area contributed by atoms with Gasteiger partial charge in [-0.2, -0.15) is 13.2 Å². The molecule has 2 fully saturated rings. The Morgan fingerprint density at radius 1 is 0.971 bits per heavy atom. The topological polar surface area (TPSA) is 43.8 Å². The highest BCUT2D eigenvalue weighted by atomic mass is 19.4. The lowest BCUT2D eigenvalue weighted by Crippen LogP contribution is -2.55. The summed E-state index contributed by atoms with van der Waals surface area (Å²) in [5, 5.41) is 3.31. The summed E-state index contributed by atoms with van der Waals surface area (Å²) in [7, 11) is 0. The van der Waals surface area contributed by atoms with Crippen molar-refractivity contribution in [1.82, 2.24) is 19.7 Å². The Balaban J connectivity index is 1.46. The molecule has 180 valence electrons. The number of alkyl halides is 3. The molecule has 2 amide bonds. The molecule has 0 radical (unpaired) electrons. The number of hydrogen-bond donors (Lipinski definition) is 1. The molecular weight excluding hydrogens is 450 g/mol. The quantitative estimate of drug-likeness (QED) is 0.573. The van der Waals surface area contributed by atoms with Crippen molar-refractivity contribution >= 4 is 22.6 Å². The van der Waals surface area contributed by atoms with Crippen LogP contribution in [-0.4, -0.2) is 65.8 Å². The molecule has 3 aromatic rings. The van der Waals surface area contributed by atoms with Crippen molar-refractivity contribution in [2.45, 2.75) is 19.3 Å². The number of benzene rings is 2. The van der Waals surface area contributed by atoms with E-state index in [9.17, 15) is 22.4 Å². The van der Waals surface area contributed by atoms with Gasteiger partial charge in [0.15, 0.2) is 0 Å². The van der Waals surface area contributed by atoms with Gasteiger partial charge in [0.05, 0.1) is 22.9 Å². The van der Waals surface area contributed by atoms with E-state index < -0.39 is 11.7 Å². The molecule has 2 aliphatic rings. The van der Waals surface area contributed by atoms with E-state index in [1.54, 1.807) is 21.6 Å². The molecule has 1 atom stereocenters. The van der Waals surface area contributed by atoms with Gasteiger partial charge in [-0.3, -0.25) is 4.90 Å². The zero-order chi connectivity index (χ0) is 24.0. The van der Waals surface area contributed by atoms with Gasteiger partial charge in [0.1, 0.15) is 5.82 Å². The third-order valence-corrected chi connectivity index (χ3v) is 6.74. The van der Waals surface area contributed by atoms with Crippen molar-refractivity contribution in [2.24, 2.45) is 0 Å². The summed E-state index contributed by atoms with van der Waals surface area (Å²) in [6.07, 6.45) is -2.68. The van der Waals surface area contributed by atoms with E-state index >= 15 is 0 Å². The van der Waals surface area contributed by atoms with E-state index in [4.69, 9.17) is 0 Å². The Bertz CT molecular complexity index is 1200. The molecule has 1 unspecified atom stereocenters. The van der Waals surface area contributed by atoms with Gasteiger partial charge in [-0.05, 0) is 49.4 Å². The van der Waals surface area contributed by atoms with E-state index in [1.807, 2.05) is 13.1 Å². The average Bonchev–Trinajstić information content (AvgIpc) is 3.42. The zero-order valence-corrected chi connectivity index (χ0v) is 18.6. The molecule has 10 heteroatoms. The van der Waals surface area contributed by atoms with Gasteiger partial charge in [0.2, 0.25) is 0 Å². The number of aromatic nitrogens is 1. The zero-order valence-electron chi connectivity index (χ0n) is 18.6. The number of hydrogen-bond acceptors (Lipinski definition) is 3. The number of halogens is 4. The number of fused-ring (bicyclic) bond motifs is 1. The average molecular weight is 475 g/mol. The number of anilines is 1. The maximum Gasteiger partial charge on any atom is 0.416 e. The highest BCUT2D eigenvalue weighted by molar-refractivity contribution is 5.95. The Morgan fingerprint density at radius 2 is 1.68 bits per heavy atom. The van der Waals surface area contributed by atoms with Crippen LogP contribution in [0.5, 0.6) is 0 Å². The predicted octanol–water partition coefficient (Wildman–Crippen LogP) is 4.28. The van der Waals surface area contributed by atoms with Crippen LogP contribution in [0.15, 0.2) is 48.7 Å². The van der Waals surface area contributed by atoms with E-state index in [0.717, 1.165) is 6.07 Å². The molecule has 0 bridgehead atoms. The predicted molar refractivity (Wildman–Crippen MR) is 122 cm³/mol. The summed E-state index contributed by atoms with van der Waals surface area (Å²) in [5.41, 5.74) is 1.30. The number of amides is 2. The van der Waals surface area contributed by atoms with Crippen molar-refractivity contribution < 1.29 is 22.4 Å². The lowest BCUT2D eigenvalue weighted by Gasteiger charge is -2.41. The number of nitrogens with zero attached hydrogens (tertiary/aromatic N) is 4. The Kier molecular flexibility index (Phi) is 5.63. The monoisotopic (exact) mass is 475 g/mol. The minimum Gasteiger partial charge on any atom is -0.367 e. The van der Waals surface area contributed by atoms with Gasteiger partial charge in [-0.15, -0.1) is 0 Å². The summed E-state index contributed by atoms with van der Waals surface area (Å²) < 4.78 is 55.7. The Morgan fingerprint density at radius 3 is 2.29 bits per heavy atom. The van der Waals surface area contributed by atoms with Gasteiger partial charge < -0.3 is 19.7 Å². The molecule has 1 N–H and O–H groups in total. The van der Waals surface area contributed by atoms with Crippen molar-refractivity contribution in [2.75, 3.05) is 44.2 Å². The van der Waals surface area contributed by atoms with Gasteiger partial charge in [-0.25, -0.2) is 9.18 Å². The van der Waals surface area contributed by atoms with Crippen LogP contribution in [0.2, 0.25) is 0 Å². The SMILES string of the molecule is CC(N1CCN(c2cn(-c3ccc(F)cc3)c3ccc(C(F)(F)F)cc23)CC1)N1CCNC1=O. The van der Waals surface area contributed by atoms with Crippen LogP contribution < -0.4 is 10.2 Å². The first-order valence-corrected chi connectivity index (χ1v) is 11.2. The van der Waals surface area contributed by atoms with Crippen LogP contribution >= 0.6 is 0 Å². The second kappa shape index (κ2) is 8.50. The van der Waals surface area contributed by atoms with Crippen molar-refractivity contribution in [3.05, 3.63) is 60.0 Å². The molecule has 6 nitrogen and oxygen atoms in total. The highest BCUT2D eigenvalue weighted by Crippen LogP contribution is 2.37. The fourth-order valence-electron chi connectivity index (χ4n) is 4.83. The number of urea groups is 1. The molecule has 3 heterocycles. The normalized spacial score (nSPS) is 18.6. The van der Waals surface area contributed by atoms with Gasteiger partial charge in [0.25, 0.3) is 0 Å². The van der Waals surface area contributed by atoms with Crippen LogP contribution in [0, 0.1) is 5.82 Å². The summed E-state index contributed by atoms with van der Waals surface area (Å²) in [6.45, 7) is 5.85. The molecular formula is C24H25F4N5O. The minimum atomic E-state index is -4.45. The number of carbonyl (C=O) groups excluding carboxylic acids is 1. The molecule has 0 spiro atoms. The fraction of sp³-hybridized carbons (Fsp3) is 0.375. The first-order valence-electron chi connectivity index (χ1n) is 11.2. The van der Waals surface area contributed by atoms with Crippen molar-refractivity contribution in [3.8, 4) is 5.69 Å². The number of carbonyl (C=O) groups is 1. The lowest BCUT2D eigenvalue weighted by atomic mass is 10.1. The fourth-order valence-corrected chi connectivity index (χ4v) is 4.83. The molecule has 2 aliphatic heterocycles. The molecule has 5 rings (SSSR count). The van der Waals surface area contributed by atoms with Crippen LogP contribution in [0.25, 0.3) is 16.6 Å². The van der Waals surface area contributed by atoms with Gasteiger partial charge >= 0.3 is 12.2 Å². The molecule has 0 aliphatic carbocycles. The van der Waals surface area contributed by atoms with E-state index in [2.05, 4.69) is 15.1 Å². The molecule has 2 aromatic carbocycles. The second-order valence-electron chi connectivity index (χ2n) is 8.67. The third kappa shape index (κ3) is 4.06. The van der Waals surface area contributed by atoms with E-state index in [-0.39, 0.29) is 18.0 Å². The smallest absolute Gasteiger partial charge is 0.367 e. The second-order valence-corrected chi connectivity index (χ2v) is 8.67. The summed E-state index contributed by atoms with van der Waals surface area (Å²) >= 11 is 0. The van der Waals surface area contributed by atoms with Crippen LogP contribution in [0.3, 0.4) is 0 Å². The number of nitrogens with one attached hydrogen (secondary N) is 1. The van der Waals surface area contributed by atoms with Crippen LogP contribution in [0.1, 0.15) is 12.5 Å². The van der Waals surface area contributed by atoms with Gasteiger partial charge in [-0.1, -0.05) is 0 Å². The maximum atomic E-state index is 13.5. The molecule has 1 aromatic heterocycles. The number of rotatable bonds is 4. The highest BCUT2D eigenvalue weighted by Gasteiger charge is 2.33. The largest absolute Gasteiger partial charge is 0.416 e. The molecule has 0 saturated carbocycles. The lowest BCUT2D eigenvalue weighted by molar-refractivity contribution is -0.137. The van der Waals surface area contributed by atoms with E-state index in [0.29, 0.717) is 61.5 Å². The van der Waals surface area contributed by atoms with Crippen molar-refractivity contribution in [1.29, 1.82) is 0 Å². The summed E-state index contributed by atoms with van der Waals surface area (Å²) in [4.78, 5) is 18.1. The third-order valence-electron chi connectivity index (χ3n) is 6.74. The summed E-state index contributed by atoms with van der Waals surface area (Å²) in [5.74, 6) is -0.378. The Hall–Kier alpha value is -3.27. The number of piperazine rings is 1. The maximum absolute atomic E-state index is 13.5. The minimum absolute atomic E-state index is 0.0537. The Labute approximate surface area is 194 Å². The first-order chi connectivity index (χ1) is 16.2. The van der Waals surface area contributed by atoms with Crippen LogP contribution in [0.4, 0.5) is 28.0 Å². The van der Waals surface area contributed by atoms with Crippen LogP contribution in [-0.2, 0) is 6.18 Å². The molecule has 34 heavy (non-hydrogen) atoms. The standard InChI is InChI=1S/C24H25F4N5O/c1-16(32-9-8-29-23(32)34)30-10-12-31(13-11-30)22-15-33(19-5-3-18(25)4-6-19)21-7-2-17(14-20(21)22)24(26,27)28/h2-7,14-16H,8-13H2,1H3,(H,29,34). The summed E-state index contributed by atoms with van der Waals surface area (Å²) in [6, 6.07) is 9.54. The van der Waals surface area contributed by atoms with Gasteiger partial charge in [0, 0.05) is 56.5 Å².